The van der Waals surface area contributed by atoms with Crippen molar-refractivity contribution >= 4 is 17.3 Å². The fourth-order valence-corrected chi connectivity index (χ4v) is 4.14. The normalized spacial score (nSPS) is 22.5. The van der Waals surface area contributed by atoms with Crippen molar-refractivity contribution in [1.29, 1.82) is 0 Å². The minimum atomic E-state index is -1.55. The number of aromatic hydroxyl groups is 2. The van der Waals surface area contributed by atoms with Gasteiger partial charge >= 0.3 is 0 Å². The van der Waals surface area contributed by atoms with Crippen LogP contribution in [0.3, 0.4) is 0 Å². The molecule has 0 radical (unpaired) electrons. The molecule has 2 aliphatic rings. The maximum atomic E-state index is 13.7. The number of rotatable bonds is 5. The van der Waals surface area contributed by atoms with E-state index in [1.165, 1.54) is 26.8 Å². The first-order valence-electron chi connectivity index (χ1n) is 10.0. The summed E-state index contributed by atoms with van der Waals surface area (Å²) >= 11 is 0. The van der Waals surface area contributed by atoms with Gasteiger partial charge in [0.25, 0.3) is 0 Å². The summed E-state index contributed by atoms with van der Waals surface area (Å²) in [5, 5.41) is 33.8. The van der Waals surface area contributed by atoms with Crippen molar-refractivity contribution < 1.29 is 34.4 Å². The second-order valence-electron chi connectivity index (χ2n) is 8.56. The van der Waals surface area contributed by atoms with Gasteiger partial charge in [0.05, 0.1) is 23.8 Å². The number of hydrogen-bond acceptors (Lipinski definition) is 8. The number of fused-ring (bicyclic) bond motifs is 3. The largest absolute Gasteiger partial charge is 0.507 e. The van der Waals surface area contributed by atoms with Gasteiger partial charge < -0.3 is 25.4 Å². The molecule has 1 aromatic carbocycles. The van der Waals surface area contributed by atoms with Gasteiger partial charge in [-0.25, -0.2) is 0 Å². The molecule has 0 bridgehead atoms. The van der Waals surface area contributed by atoms with Gasteiger partial charge in [0.15, 0.2) is 17.3 Å². The second kappa shape index (κ2) is 7.53. The van der Waals surface area contributed by atoms with Crippen LogP contribution < -0.4 is 10.1 Å². The molecule has 8 nitrogen and oxygen atoms in total. The van der Waals surface area contributed by atoms with Crippen molar-refractivity contribution in [2.75, 3.05) is 6.61 Å². The summed E-state index contributed by atoms with van der Waals surface area (Å²) in [5.74, 6) is -2.58. The van der Waals surface area contributed by atoms with Crippen LogP contribution >= 0.6 is 0 Å². The Morgan fingerprint density at radius 3 is 2.32 bits per heavy atom. The number of aliphatic hydroxyl groups excluding tert-OH is 1. The van der Waals surface area contributed by atoms with E-state index >= 15 is 0 Å². The van der Waals surface area contributed by atoms with Crippen molar-refractivity contribution in [2.24, 2.45) is 5.92 Å². The van der Waals surface area contributed by atoms with Gasteiger partial charge in [-0.3, -0.25) is 14.4 Å². The lowest BCUT2D eigenvalue weighted by molar-refractivity contribution is -0.123. The van der Waals surface area contributed by atoms with Gasteiger partial charge in [-0.2, -0.15) is 0 Å². The van der Waals surface area contributed by atoms with Crippen LogP contribution in [0.4, 0.5) is 0 Å². The summed E-state index contributed by atoms with van der Waals surface area (Å²) in [6.07, 6.45) is 1.17. The summed E-state index contributed by atoms with van der Waals surface area (Å²) in [7, 11) is 0. The number of carbonyl (C=O) groups excluding carboxylic acids is 3. The Bertz CT molecular complexity index is 1080. The lowest BCUT2D eigenvalue weighted by Gasteiger charge is -2.30. The number of hydrogen-bond donors (Lipinski definition) is 4. The molecule has 0 fully saturated rings. The SMILES string of the molecule is CC(=O)c1c(O)c(C)c(O)c2c1OC1=CC(=O)/C(=C(/C)N[C@H](CO)C(C)C)C(=O)[C@@]12C. The highest BCUT2D eigenvalue weighted by Gasteiger charge is 2.56. The molecule has 3 rings (SSSR count). The third-order valence-corrected chi connectivity index (χ3v) is 6.16. The molecule has 8 heteroatoms. The first-order valence-corrected chi connectivity index (χ1v) is 10.0. The Kier molecular flexibility index (Phi) is 5.48. The zero-order chi connectivity index (χ0) is 23.4. The molecule has 0 unspecified atom stereocenters. The number of nitrogens with one attached hydrogen (secondary N) is 1. The maximum Gasteiger partial charge on any atom is 0.194 e. The van der Waals surface area contributed by atoms with Gasteiger partial charge in [0.1, 0.15) is 34.0 Å². The standard InChI is InChI=1S/C23H27NO7/c1-9(2)13(8-25)24-11(4)16-14(27)7-15-23(6,22(16)30)18-20(29)10(3)19(28)17(12(5)26)21(18)31-15/h7,9,13,24-25,28-29H,8H2,1-6H3/b16-11+/t13-,23+/m1/s1. The van der Waals surface area contributed by atoms with E-state index < -0.39 is 28.5 Å². The van der Waals surface area contributed by atoms with Crippen molar-refractivity contribution in [3.8, 4) is 17.2 Å². The third-order valence-electron chi connectivity index (χ3n) is 6.16. The van der Waals surface area contributed by atoms with Gasteiger partial charge in [-0.05, 0) is 33.6 Å². The molecule has 1 aliphatic carbocycles. The smallest absolute Gasteiger partial charge is 0.194 e. The van der Waals surface area contributed by atoms with E-state index in [0.29, 0.717) is 5.70 Å². The highest BCUT2D eigenvalue weighted by molar-refractivity contribution is 6.31. The number of allylic oxidation sites excluding steroid dienone is 4. The summed E-state index contributed by atoms with van der Waals surface area (Å²) in [6.45, 7) is 9.37. The molecule has 31 heavy (non-hydrogen) atoms. The minimum Gasteiger partial charge on any atom is -0.507 e. The average Bonchev–Trinajstić information content (AvgIpc) is 2.97. The Hall–Kier alpha value is -3.13. The van der Waals surface area contributed by atoms with Gasteiger partial charge in [-0.15, -0.1) is 0 Å². The van der Waals surface area contributed by atoms with Crippen LogP contribution in [0.1, 0.15) is 56.1 Å². The van der Waals surface area contributed by atoms with E-state index in [1.807, 2.05) is 13.8 Å². The maximum absolute atomic E-state index is 13.7. The van der Waals surface area contributed by atoms with E-state index in [4.69, 9.17) is 4.74 Å². The van der Waals surface area contributed by atoms with Crippen LogP contribution in [-0.2, 0) is 15.0 Å². The van der Waals surface area contributed by atoms with E-state index in [0.717, 1.165) is 0 Å². The molecule has 1 aromatic rings. The molecule has 0 amide bonds. The third kappa shape index (κ3) is 3.13. The van der Waals surface area contributed by atoms with E-state index in [1.54, 1.807) is 6.92 Å². The molecule has 0 saturated carbocycles. The van der Waals surface area contributed by atoms with Crippen LogP contribution in [-0.4, -0.2) is 45.3 Å². The number of benzene rings is 1. The van der Waals surface area contributed by atoms with E-state index in [9.17, 15) is 29.7 Å². The van der Waals surface area contributed by atoms with Crippen molar-refractivity contribution in [2.45, 2.75) is 53.0 Å². The number of ketones is 3. The van der Waals surface area contributed by atoms with Crippen LogP contribution in [0.15, 0.2) is 23.1 Å². The van der Waals surface area contributed by atoms with E-state index in [-0.39, 0.29) is 58.1 Å². The highest BCUT2D eigenvalue weighted by Crippen LogP contribution is 2.57. The molecule has 1 heterocycles. The molecular formula is C23H27NO7. The molecule has 2 atom stereocenters. The molecule has 4 N–H and O–H groups in total. The van der Waals surface area contributed by atoms with Crippen molar-refractivity contribution in [3.05, 3.63) is 39.8 Å². The predicted octanol–water partition coefficient (Wildman–Crippen LogP) is 2.18. The fourth-order valence-electron chi connectivity index (χ4n) is 4.14. The monoisotopic (exact) mass is 429 g/mol. The Balaban J connectivity index is 2.26. The number of phenolic OH excluding ortho intramolecular Hbond substituents is 2. The zero-order valence-corrected chi connectivity index (χ0v) is 18.4. The Morgan fingerprint density at radius 1 is 1.19 bits per heavy atom. The molecule has 0 saturated heterocycles. The molecule has 166 valence electrons. The number of ether oxygens (including phenoxy) is 1. The zero-order valence-electron chi connectivity index (χ0n) is 18.4. The second-order valence-corrected chi connectivity index (χ2v) is 8.56. The van der Waals surface area contributed by atoms with Crippen LogP contribution in [0.25, 0.3) is 0 Å². The highest BCUT2D eigenvalue weighted by atomic mass is 16.5. The molecular weight excluding hydrogens is 402 g/mol. The predicted molar refractivity (Wildman–Crippen MR) is 112 cm³/mol. The summed E-state index contributed by atoms with van der Waals surface area (Å²) in [4.78, 5) is 38.7. The molecule has 0 aromatic heterocycles. The number of phenols is 2. The Labute approximate surface area is 180 Å². The van der Waals surface area contributed by atoms with Gasteiger partial charge in [-0.1, -0.05) is 13.8 Å². The quantitative estimate of drug-likeness (QED) is 0.318. The van der Waals surface area contributed by atoms with Crippen LogP contribution in [0.2, 0.25) is 0 Å². The van der Waals surface area contributed by atoms with Crippen LogP contribution in [0.5, 0.6) is 17.2 Å². The first kappa shape index (κ1) is 22.6. The lowest BCUT2D eigenvalue weighted by atomic mass is 9.70. The summed E-state index contributed by atoms with van der Waals surface area (Å²) < 4.78 is 5.73. The lowest BCUT2D eigenvalue weighted by Crippen LogP contribution is -2.43. The molecule has 0 spiro atoms. The molecule has 1 aliphatic heterocycles. The topological polar surface area (TPSA) is 133 Å². The Morgan fingerprint density at radius 2 is 1.81 bits per heavy atom. The van der Waals surface area contributed by atoms with Crippen molar-refractivity contribution in [3.63, 3.8) is 0 Å². The summed E-state index contributed by atoms with van der Waals surface area (Å²) in [6, 6.07) is -0.365. The van der Waals surface area contributed by atoms with Crippen LogP contribution in [0, 0.1) is 12.8 Å². The van der Waals surface area contributed by atoms with Gasteiger partial charge in [0.2, 0.25) is 0 Å². The van der Waals surface area contributed by atoms with E-state index in [2.05, 4.69) is 5.32 Å². The summed E-state index contributed by atoms with van der Waals surface area (Å²) in [5.41, 5.74) is -1.43. The number of carbonyl (C=O) groups is 3. The minimum absolute atomic E-state index is 0.0144. The van der Waals surface area contributed by atoms with Gasteiger partial charge in [0, 0.05) is 17.3 Å². The number of Topliss-reactive ketones (excluding diaryl/α,β-unsaturated/α-hetero) is 2. The fraction of sp³-hybridized carbons (Fsp3) is 0.435. The van der Waals surface area contributed by atoms with Crippen molar-refractivity contribution in [1.82, 2.24) is 5.32 Å². The average molecular weight is 429 g/mol. The first-order chi connectivity index (χ1) is 14.4. The number of aliphatic hydroxyl groups is 1.